The Balaban J connectivity index is 1.68. The van der Waals surface area contributed by atoms with E-state index in [1.807, 2.05) is 18.2 Å². The topological polar surface area (TPSA) is 81.2 Å². The Morgan fingerprint density at radius 2 is 2.07 bits per heavy atom. The second-order valence-electron chi connectivity index (χ2n) is 6.91. The number of benzene rings is 1. The summed E-state index contributed by atoms with van der Waals surface area (Å²) >= 11 is 6.11. The molecule has 0 radical (unpaired) electrons. The van der Waals surface area contributed by atoms with Gasteiger partial charge < -0.3 is 4.74 Å². The van der Waals surface area contributed by atoms with E-state index in [1.54, 1.807) is 31.5 Å². The number of hydrogen-bond acceptors (Lipinski definition) is 5. The molecule has 1 aliphatic carbocycles. The number of nitrogens with one attached hydrogen (secondary N) is 1. The maximum Gasteiger partial charge on any atom is 0.263 e. The molecule has 29 heavy (non-hydrogen) atoms. The molecule has 2 aromatic heterocycles. The summed E-state index contributed by atoms with van der Waals surface area (Å²) in [4.78, 5) is 8.76. The number of pyridine rings is 2. The van der Waals surface area contributed by atoms with Gasteiger partial charge in [0.25, 0.3) is 10.0 Å². The number of rotatable bonds is 6. The Morgan fingerprint density at radius 3 is 2.86 bits per heavy atom. The van der Waals surface area contributed by atoms with E-state index in [0.717, 1.165) is 36.1 Å². The summed E-state index contributed by atoms with van der Waals surface area (Å²) in [5.41, 5.74) is 3.36. The van der Waals surface area contributed by atoms with E-state index in [9.17, 15) is 8.42 Å². The number of aromatic nitrogens is 2. The van der Waals surface area contributed by atoms with Gasteiger partial charge in [-0.15, -0.1) is 0 Å². The lowest BCUT2D eigenvalue weighted by molar-refractivity contribution is 0.306. The van der Waals surface area contributed by atoms with Gasteiger partial charge in [0.1, 0.15) is 6.61 Å². The van der Waals surface area contributed by atoms with E-state index < -0.39 is 10.0 Å². The lowest BCUT2D eigenvalue weighted by Crippen LogP contribution is -2.17. The molecule has 3 aromatic rings. The molecule has 0 bridgehead atoms. The molecular formula is C21H20ClN3O3S. The fourth-order valence-corrected chi connectivity index (χ4v) is 4.85. The summed E-state index contributed by atoms with van der Waals surface area (Å²) < 4.78 is 34.6. The maximum atomic E-state index is 13.0. The fourth-order valence-electron chi connectivity index (χ4n) is 3.34. The Labute approximate surface area is 175 Å². The lowest BCUT2D eigenvalue weighted by Gasteiger charge is -2.16. The molecule has 1 N–H and O–H groups in total. The van der Waals surface area contributed by atoms with Crippen LogP contribution in [0.15, 0.2) is 53.7 Å². The van der Waals surface area contributed by atoms with Gasteiger partial charge in [0.15, 0.2) is 11.6 Å². The van der Waals surface area contributed by atoms with E-state index in [4.69, 9.17) is 16.3 Å². The van der Waals surface area contributed by atoms with Crippen molar-refractivity contribution < 1.29 is 13.2 Å². The second-order valence-corrected chi connectivity index (χ2v) is 8.97. The van der Waals surface area contributed by atoms with E-state index in [0.29, 0.717) is 16.3 Å². The van der Waals surface area contributed by atoms with Crippen molar-refractivity contribution in [3.8, 4) is 5.75 Å². The zero-order valence-electron chi connectivity index (χ0n) is 15.9. The largest absolute Gasteiger partial charge is 0.485 e. The molecule has 0 saturated carbocycles. The Morgan fingerprint density at radius 1 is 1.21 bits per heavy atom. The van der Waals surface area contributed by atoms with Crippen molar-refractivity contribution in [1.29, 1.82) is 0 Å². The molecular weight excluding hydrogens is 410 g/mol. The number of ether oxygens (including phenoxy) is 1. The van der Waals surface area contributed by atoms with Crippen molar-refractivity contribution in [2.45, 2.75) is 37.7 Å². The molecule has 0 saturated heterocycles. The number of fused-ring (bicyclic) bond motifs is 1. The van der Waals surface area contributed by atoms with Crippen molar-refractivity contribution >= 4 is 27.4 Å². The smallest absolute Gasteiger partial charge is 0.263 e. The van der Waals surface area contributed by atoms with Gasteiger partial charge in [-0.05, 0) is 61.6 Å². The molecule has 1 aliphatic rings. The second kappa shape index (κ2) is 8.00. The number of anilines is 1. The minimum Gasteiger partial charge on any atom is -0.485 e. The van der Waals surface area contributed by atoms with Crippen molar-refractivity contribution in [2.24, 2.45) is 0 Å². The molecule has 4 rings (SSSR count). The van der Waals surface area contributed by atoms with Crippen LogP contribution in [0, 0.1) is 6.92 Å². The zero-order valence-corrected chi connectivity index (χ0v) is 17.4. The van der Waals surface area contributed by atoms with Crippen molar-refractivity contribution in [3.63, 3.8) is 0 Å². The van der Waals surface area contributed by atoms with Crippen molar-refractivity contribution in [3.05, 3.63) is 76.2 Å². The highest BCUT2D eigenvalue weighted by atomic mass is 35.5. The fraction of sp³-hybridized carbons (Fsp3) is 0.238. The average molecular weight is 430 g/mol. The molecule has 2 heterocycles. The SMILES string of the molecule is Cc1c(Cl)cccc1S(=O)(=O)Nc1nc2c(cc1OCc1cccnc1)CCC2. The summed E-state index contributed by atoms with van der Waals surface area (Å²) in [5, 5.41) is 0.392. The van der Waals surface area contributed by atoms with E-state index >= 15 is 0 Å². The van der Waals surface area contributed by atoms with Crippen LogP contribution in [0.4, 0.5) is 5.82 Å². The van der Waals surface area contributed by atoms with Crippen LogP contribution in [0.5, 0.6) is 5.75 Å². The van der Waals surface area contributed by atoms with E-state index in [1.165, 1.54) is 6.07 Å². The standard InChI is InChI=1S/C21H20ClN3O3S/c1-14-17(22)7-3-9-20(14)29(26,27)25-21-19(11-16-6-2-8-18(16)24-21)28-13-15-5-4-10-23-12-15/h3-5,7,9-12H,2,6,8,13H2,1H3,(H,24,25). The van der Waals surface area contributed by atoms with Crippen LogP contribution in [-0.4, -0.2) is 18.4 Å². The monoisotopic (exact) mass is 429 g/mol. The molecule has 0 atom stereocenters. The number of sulfonamides is 1. The van der Waals surface area contributed by atoms with Crippen molar-refractivity contribution in [2.75, 3.05) is 4.72 Å². The maximum absolute atomic E-state index is 13.0. The summed E-state index contributed by atoms with van der Waals surface area (Å²) in [6, 6.07) is 10.4. The van der Waals surface area contributed by atoms with Crippen LogP contribution >= 0.6 is 11.6 Å². The van der Waals surface area contributed by atoms with Crippen molar-refractivity contribution in [1.82, 2.24) is 9.97 Å². The summed E-state index contributed by atoms with van der Waals surface area (Å²) in [7, 11) is -3.88. The first kappa shape index (κ1) is 19.7. The number of halogens is 1. The predicted molar refractivity (Wildman–Crippen MR) is 112 cm³/mol. The van der Waals surface area contributed by atoms with Gasteiger partial charge in [0, 0.05) is 28.7 Å². The predicted octanol–water partition coefficient (Wildman–Crippen LogP) is 4.31. The quantitative estimate of drug-likeness (QED) is 0.631. The molecule has 0 amide bonds. The van der Waals surface area contributed by atoms with Crippen LogP contribution in [0.25, 0.3) is 0 Å². The third-order valence-electron chi connectivity index (χ3n) is 4.87. The van der Waals surface area contributed by atoms with Gasteiger partial charge >= 0.3 is 0 Å². The van der Waals surface area contributed by atoms with Gasteiger partial charge in [-0.25, -0.2) is 13.4 Å². The minimum atomic E-state index is -3.88. The third kappa shape index (κ3) is 4.21. The molecule has 150 valence electrons. The van der Waals surface area contributed by atoms with Crippen LogP contribution in [0.1, 0.15) is 28.8 Å². The first-order chi connectivity index (χ1) is 13.9. The Kier molecular flexibility index (Phi) is 5.43. The molecule has 1 aromatic carbocycles. The molecule has 6 nitrogen and oxygen atoms in total. The average Bonchev–Trinajstić information content (AvgIpc) is 3.16. The van der Waals surface area contributed by atoms with Gasteiger partial charge in [0.05, 0.1) is 4.90 Å². The first-order valence-corrected chi connectivity index (χ1v) is 11.1. The van der Waals surface area contributed by atoms with Crippen LogP contribution < -0.4 is 9.46 Å². The number of nitrogens with zero attached hydrogens (tertiary/aromatic N) is 2. The van der Waals surface area contributed by atoms with Crippen LogP contribution in [-0.2, 0) is 29.5 Å². The number of aryl methyl sites for hydroxylation is 2. The highest BCUT2D eigenvalue weighted by Crippen LogP contribution is 2.33. The Bertz CT molecular complexity index is 1150. The first-order valence-electron chi connectivity index (χ1n) is 9.26. The van der Waals surface area contributed by atoms with E-state index in [-0.39, 0.29) is 17.3 Å². The van der Waals surface area contributed by atoms with E-state index in [2.05, 4.69) is 14.7 Å². The summed E-state index contributed by atoms with van der Waals surface area (Å²) in [5.74, 6) is 0.590. The minimum absolute atomic E-state index is 0.116. The lowest BCUT2D eigenvalue weighted by atomic mass is 10.2. The molecule has 0 spiro atoms. The summed E-state index contributed by atoms with van der Waals surface area (Å²) in [6.07, 6.45) is 6.12. The molecule has 0 fully saturated rings. The molecule has 0 aliphatic heterocycles. The molecule has 8 heteroatoms. The number of hydrogen-bond donors (Lipinski definition) is 1. The molecule has 0 unspecified atom stereocenters. The van der Waals surface area contributed by atoms with Crippen LogP contribution in [0.3, 0.4) is 0 Å². The highest BCUT2D eigenvalue weighted by molar-refractivity contribution is 7.92. The van der Waals surface area contributed by atoms with Gasteiger partial charge in [-0.2, -0.15) is 0 Å². The van der Waals surface area contributed by atoms with Crippen LogP contribution in [0.2, 0.25) is 5.02 Å². The summed E-state index contributed by atoms with van der Waals surface area (Å²) in [6.45, 7) is 1.94. The highest BCUT2D eigenvalue weighted by Gasteiger charge is 2.24. The van der Waals surface area contributed by atoms with Gasteiger partial charge in [-0.1, -0.05) is 23.7 Å². The van der Waals surface area contributed by atoms with Gasteiger partial charge in [-0.3, -0.25) is 9.71 Å². The third-order valence-corrected chi connectivity index (χ3v) is 6.76. The Hall–Kier alpha value is -2.64. The van der Waals surface area contributed by atoms with Gasteiger partial charge in [0.2, 0.25) is 0 Å². The zero-order chi connectivity index (χ0) is 20.4. The normalized spacial score (nSPS) is 13.2.